The Morgan fingerprint density at radius 2 is 1.75 bits per heavy atom. The van der Waals surface area contributed by atoms with Crippen LogP contribution in [0.25, 0.3) is 0 Å². The maximum Gasteiger partial charge on any atom is 0.414 e. The molecule has 11 nitrogen and oxygen atoms in total. The number of aromatic nitrogens is 2. The predicted molar refractivity (Wildman–Crippen MR) is 117 cm³/mol. The number of rotatable bonds is 10. The van der Waals surface area contributed by atoms with E-state index in [1.807, 2.05) is 0 Å². The molecular formula is C20H27N5O6S. The Morgan fingerprint density at radius 3 is 2.28 bits per heavy atom. The van der Waals surface area contributed by atoms with Gasteiger partial charge in [-0.2, -0.15) is 4.31 Å². The molecule has 1 aromatic heterocycles. The first-order valence-electron chi connectivity index (χ1n) is 9.88. The van der Waals surface area contributed by atoms with E-state index in [1.54, 1.807) is 52.2 Å². The molecule has 0 aliphatic heterocycles. The van der Waals surface area contributed by atoms with Crippen LogP contribution in [-0.4, -0.2) is 78.0 Å². The van der Waals surface area contributed by atoms with Crippen LogP contribution in [0.1, 0.15) is 19.4 Å². The molecule has 0 saturated carbocycles. The molecule has 1 amide bonds. The molecular weight excluding hydrogens is 438 g/mol. The lowest BCUT2D eigenvalue weighted by Gasteiger charge is -2.19. The van der Waals surface area contributed by atoms with Gasteiger partial charge >= 0.3 is 12.1 Å². The van der Waals surface area contributed by atoms with E-state index in [9.17, 15) is 23.1 Å². The van der Waals surface area contributed by atoms with E-state index >= 15 is 0 Å². The first-order valence-corrected chi connectivity index (χ1v) is 11.3. The molecule has 0 aliphatic rings. The van der Waals surface area contributed by atoms with E-state index in [-0.39, 0.29) is 30.4 Å². The van der Waals surface area contributed by atoms with Gasteiger partial charge in [0.05, 0.1) is 0 Å². The molecule has 0 spiro atoms. The summed E-state index contributed by atoms with van der Waals surface area (Å²) in [5.41, 5.74) is 0.666. The molecule has 32 heavy (non-hydrogen) atoms. The summed E-state index contributed by atoms with van der Waals surface area (Å²) < 4.78 is 31.7. The molecule has 2 aromatic rings. The minimum absolute atomic E-state index is 0.0784. The summed E-state index contributed by atoms with van der Waals surface area (Å²) in [6.07, 6.45) is 0.632. The summed E-state index contributed by atoms with van der Waals surface area (Å²) in [7, 11) is -0.687. The predicted octanol–water partition coefficient (Wildman–Crippen LogP) is 1.68. The molecule has 12 heteroatoms. The molecule has 0 unspecified atom stereocenters. The number of amides is 1. The van der Waals surface area contributed by atoms with Gasteiger partial charge in [-0.15, -0.1) is 0 Å². The van der Waals surface area contributed by atoms with E-state index in [0.29, 0.717) is 11.3 Å². The zero-order chi connectivity index (χ0) is 23.9. The number of sulfonamides is 1. The van der Waals surface area contributed by atoms with Gasteiger partial charge in [0.1, 0.15) is 23.9 Å². The van der Waals surface area contributed by atoms with Crippen LogP contribution in [-0.2, 0) is 21.2 Å². The van der Waals surface area contributed by atoms with Crippen molar-refractivity contribution < 1.29 is 27.9 Å². The van der Waals surface area contributed by atoms with E-state index in [1.165, 1.54) is 15.3 Å². The van der Waals surface area contributed by atoms with Gasteiger partial charge in [0.2, 0.25) is 0 Å². The fraction of sp³-hybridized carbons (Fsp3) is 0.400. The van der Waals surface area contributed by atoms with Gasteiger partial charge in [-0.3, -0.25) is 0 Å². The lowest BCUT2D eigenvalue weighted by Crippen LogP contribution is -2.33. The van der Waals surface area contributed by atoms with Crippen molar-refractivity contribution in [3.05, 3.63) is 42.2 Å². The highest BCUT2D eigenvalue weighted by Gasteiger charge is 2.25. The molecule has 0 saturated heterocycles. The summed E-state index contributed by atoms with van der Waals surface area (Å²) in [6.45, 7) is 4.00. The topological polar surface area (TPSA) is 142 Å². The Morgan fingerprint density at radius 1 is 1.12 bits per heavy atom. The molecule has 1 aromatic carbocycles. The Labute approximate surface area is 187 Å². The van der Waals surface area contributed by atoms with Crippen LogP contribution in [0, 0.1) is 0 Å². The molecule has 0 fully saturated rings. The third-order valence-electron chi connectivity index (χ3n) is 4.51. The third kappa shape index (κ3) is 6.37. The highest BCUT2D eigenvalue weighted by molar-refractivity contribution is 7.89. The highest BCUT2D eigenvalue weighted by atomic mass is 32.2. The number of hydrogen-bond acceptors (Lipinski definition) is 8. The molecule has 1 atom stereocenters. The van der Waals surface area contributed by atoms with E-state index in [4.69, 9.17) is 4.74 Å². The largest absolute Gasteiger partial charge is 0.480 e. The second kappa shape index (κ2) is 10.9. The van der Waals surface area contributed by atoms with E-state index in [0.717, 1.165) is 6.33 Å². The minimum Gasteiger partial charge on any atom is -0.480 e. The number of hydrogen-bond donors (Lipinski definition) is 2. The Hall–Kier alpha value is -3.25. The van der Waals surface area contributed by atoms with Crippen molar-refractivity contribution in [2.75, 3.05) is 32.5 Å². The highest BCUT2D eigenvalue weighted by Crippen LogP contribution is 2.18. The zero-order valence-electron chi connectivity index (χ0n) is 18.3. The number of anilines is 1. The van der Waals surface area contributed by atoms with E-state index in [2.05, 4.69) is 15.3 Å². The van der Waals surface area contributed by atoms with Gasteiger partial charge in [0, 0.05) is 39.7 Å². The second-order valence-corrected chi connectivity index (χ2v) is 8.86. The van der Waals surface area contributed by atoms with Gasteiger partial charge in [-0.05, 0) is 17.7 Å². The monoisotopic (exact) mass is 465 g/mol. The van der Waals surface area contributed by atoms with Crippen molar-refractivity contribution >= 4 is 27.9 Å². The maximum atomic E-state index is 12.7. The van der Waals surface area contributed by atoms with Crippen LogP contribution in [0.15, 0.2) is 41.7 Å². The Bertz CT molecular complexity index is 1040. The fourth-order valence-electron chi connectivity index (χ4n) is 2.76. The smallest absolute Gasteiger partial charge is 0.414 e. The number of carboxylic acids is 1. The first kappa shape index (κ1) is 25.0. The number of nitrogens with one attached hydrogen (secondary N) is 1. The number of benzene rings is 1. The van der Waals surface area contributed by atoms with Crippen molar-refractivity contribution in [2.24, 2.45) is 0 Å². The SMILES string of the molecule is CCN(CC)S(=O)(=O)c1cc(N[C@@H](Cc2ccc(OC(=O)N(C)C)cc2)C(=O)O)ncn1. The lowest BCUT2D eigenvalue weighted by atomic mass is 10.1. The van der Waals surface area contributed by atoms with Crippen molar-refractivity contribution in [3.8, 4) is 5.75 Å². The quantitative estimate of drug-likeness (QED) is 0.501. The molecule has 2 N–H and O–H groups in total. The van der Waals surface area contributed by atoms with Crippen LogP contribution in [0.4, 0.5) is 10.6 Å². The van der Waals surface area contributed by atoms with Gasteiger partial charge in [0.25, 0.3) is 10.0 Å². The Balaban J connectivity index is 2.16. The van der Waals surface area contributed by atoms with Gasteiger partial charge in [0.15, 0.2) is 5.03 Å². The average molecular weight is 466 g/mol. The first-order chi connectivity index (χ1) is 15.1. The van der Waals surface area contributed by atoms with Crippen LogP contribution < -0.4 is 10.1 Å². The van der Waals surface area contributed by atoms with Crippen LogP contribution in [0.2, 0.25) is 0 Å². The van der Waals surface area contributed by atoms with Crippen LogP contribution >= 0.6 is 0 Å². The fourth-order valence-corrected chi connectivity index (χ4v) is 4.14. The van der Waals surface area contributed by atoms with Gasteiger partial charge in [-0.25, -0.2) is 28.0 Å². The molecule has 0 aliphatic carbocycles. The van der Waals surface area contributed by atoms with Gasteiger partial charge < -0.3 is 20.1 Å². The van der Waals surface area contributed by atoms with E-state index < -0.39 is 28.1 Å². The second-order valence-electron chi connectivity index (χ2n) is 6.98. The number of carbonyl (C=O) groups is 2. The summed E-state index contributed by atoms with van der Waals surface area (Å²) in [5, 5.41) is 12.2. The molecule has 174 valence electrons. The molecule has 0 radical (unpaired) electrons. The normalized spacial score (nSPS) is 12.3. The van der Waals surface area contributed by atoms with Crippen molar-refractivity contribution in [1.82, 2.24) is 19.2 Å². The van der Waals surface area contributed by atoms with Crippen molar-refractivity contribution in [3.63, 3.8) is 0 Å². The number of nitrogens with zero attached hydrogens (tertiary/aromatic N) is 4. The molecule has 2 rings (SSSR count). The summed E-state index contributed by atoms with van der Waals surface area (Å²) in [6, 6.07) is 6.56. The van der Waals surface area contributed by atoms with Crippen molar-refractivity contribution in [2.45, 2.75) is 31.3 Å². The molecule has 0 bridgehead atoms. The van der Waals surface area contributed by atoms with Crippen LogP contribution in [0.5, 0.6) is 5.75 Å². The number of carbonyl (C=O) groups excluding carboxylic acids is 1. The van der Waals surface area contributed by atoms with Gasteiger partial charge in [-0.1, -0.05) is 26.0 Å². The van der Waals surface area contributed by atoms with Crippen molar-refractivity contribution in [1.29, 1.82) is 0 Å². The maximum absolute atomic E-state index is 12.7. The average Bonchev–Trinajstić information content (AvgIpc) is 2.75. The minimum atomic E-state index is -3.81. The number of ether oxygens (including phenoxy) is 1. The standard InChI is InChI=1S/C20H27N5O6S/c1-5-25(6-2)32(29,30)18-12-17(21-13-22-18)23-16(19(26)27)11-14-7-9-15(10-8-14)31-20(28)24(3)4/h7-10,12-13,16H,5-6,11H2,1-4H3,(H,26,27)(H,21,22,23)/t16-/m0/s1. The summed E-state index contributed by atoms with van der Waals surface area (Å²) in [5.74, 6) is -0.733. The molecule has 1 heterocycles. The summed E-state index contributed by atoms with van der Waals surface area (Å²) >= 11 is 0. The Kier molecular flexibility index (Phi) is 8.49. The number of aliphatic carboxylic acids is 1. The third-order valence-corrected chi connectivity index (χ3v) is 6.45. The summed E-state index contributed by atoms with van der Waals surface area (Å²) in [4.78, 5) is 32.5. The number of carboxylic acid groups (broad SMARTS) is 1. The lowest BCUT2D eigenvalue weighted by molar-refractivity contribution is -0.137. The van der Waals surface area contributed by atoms with Crippen LogP contribution in [0.3, 0.4) is 0 Å². The zero-order valence-corrected chi connectivity index (χ0v) is 19.2.